The molecular formula is C12H14BrN3O3. The second-order valence-electron chi connectivity index (χ2n) is 3.73. The van der Waals surface area contributed by atoms with Crippen LogP contribution >= 0.6 is 15.9 Å². The van der Waals surface area contributed by atoms with E-state index >= 15 is 0 Å². The molecule has 0 saturated carbocycles. The summed E-state index contributed by atoms with van der Waals surface area (Å²) in [6, 6.07) is 6.78. The summed E-state index contributed by atoms with van der Waals surface area (Å²) in [6.45, 7) is 1.33. The minimum atomic E-state index is -0.919. The lowest BCUT2D eigenvalue weighted by atomic mass is 10.3. The van der Waals surface area contributed by atoms with Gasteiger partial charge in [-0.25, -0.2) is 0 Å². The van der Waals surface area contributed by atoms with E-state index in [2.05, 4.69) is 21.2 Å². The Kier molecular flexibility index (Phi) is 5.65. The maximum Gasteiger partial charge on any atom is 0.318 e. The van der Waals surface area contributed by atoms with Gasteiger partial charge in [0.15, 0.2) is 0 Å². The summed E-state index contributed by atoms with van der Waals surface area (Å²) in [5, 5.41) is 2.42. The van der Waals surface area contributed by atoms with E-state index in [1.165, 1.54) is 6.92 Å². The van der Waals surface area contributed by atoms with Gasteiger partial charge in [0.25, 0.3) is 0 Å². The van der Waals surface area contributed by atoms with Crippen LogP contribution in [0.15, 0.2) is 28.7 Å². The van der Waals surface area contributed by atoms with E-state index in [-0.39, 0.29) is 13.1 Å². The number of hydrogen-bond donors (Lipinski definition) is 2. The van der Waals surface area contributed by atoms with Gasteiger partial charge in [0.1, 0.15) is 0 Å². The number of nitrogens with two attached hydrogens (primary N) is 1. The van der Waals surface area contributed by atoms with Crippen LogP contribution in [0.2, 0.25) is 0 Å². The fraction of sp³-hybridized carbons (Fsp3) is 0.250. The van der Waals surface area contributed by atoms with Crippen molar-refractivity contribution in [1.29, 1.82) is 0 Å². The van der Waals surface area contributed by atoms with Gasteiger partial charge in [0.05, 0.1) is 0 Å². The molecule has 0 bridgehead atoms. The molecule has 0 aliphatic rings. The molecule has 0 atom stereocenters. The van der Waals surface area contributed by atoms with Gasteiger partial charge in [-0.3, -0.25) is 19.3 Å². The van der Waals surface area contributed by atoms with Crippen molar-refractivity contribution in [2.24, 2.45) is 5.73 Å². The van der Waals surface area contributed by atoms with Crippen LogP contribution < -0.4 is 11.1 Å². The quantitative estimate of drug-likeness (QED) is 0.800. The van der Waals surface area contributed by atoms with Crippen molar-refractivity contribution in [3.63, 3.8) is 0 Å². The first-order valence-electron chi connectivity index (χ1n) is 5.54. The number of carbonyl (C=O) groups excluding carboxylic acids is 3. The summed E-state index contributed by atoms with van der Waals surface area (Å²) in [5.41, 5.74) is 5.76. The first-order valence-corrected chi connectivity index (χ1v) is 6.34. The zero-order valence-electron chi connectivity index (χ0n) is 10.4. The van der Waals surface area contributed by atoms with E-state index < -0.39 is 17.7 Å². The van der Waals surface area contributed by atoms with Gasteiger partial charge in [0, 0.05) is 30.2 Å². The van der Waals surface area contributed by atoms with Crippen molar-refractivity contribution >= 4 is 39.3 Å². The van der Waals surface area contributed by atoms with Crippen LogP contribution in [0, 0.1) is 0 Å². The molecule has 0 saturated heterocycles. The van der Waals surface area contributed by atoms with Crippen LogP contribution in [0.4, 0.5) is 5.69 Å². The molecule has 102 valence electrons. The lowest BCUT2D eigenvalue weighted by Crippen LogP contribution is -2.44. The van der Waals surface area contributed by atoms with Crippen LogP contribution in [0.1, 0.15) is 6.92 Å². The molecule has 1 aromatic carbocycles. The van der Waals surface area contributed by atoms with Crippen LogP contribution in [-0.2, 0) is 14.4 Å². The Hall–Kier alpha value is -1.73. The van der Waals surface area contributed by atoms with Gasteiger partial charge >= 0.3 is 11.8 Å². The summed E-state index contributed by atoms with van der Waals surface area (Å²) >= 11 is 3.25. The number of imide groups is 1. The standard InChI is InChI=1S/C12H14BrN3O3/c1-8(17)16(6-5-14)12(19)11(18)15-10-4-2-3-9(13)7-10/h2-4,7H,5-6,14H2,1H3,(H,15,18). The summed E-state index contributed by atoms with van der Waals surface area (Å²) in [7, 11) is 0. The van der Waals surface area contributed by atoms with E-state index in [0.29, 0.717) is 5.69 Å². The minimum Gasteiger partial charge on any atom is -0.329 e. The Labute approximate surface area is 119 Å². The third-order valence-corrected chi connectivity index (χ3v) is 2.75. The number of rotatable bonds is 3. The molecule has 3 amide bonds. The first kappa shape index (κ1) is 15.3. The highest BCUT2D eigenvalue weighted by atomic mass is 79.9. The highest BCUT2D eigenvalue weighted by Crippen LogP contribution is 2.15. The van der Waals surface area contributed by atoms with Crippen molar-refractivity contribution < 1.29 is 14.4 Å². The van der Waals surface area contributed by atoms with E-state index in [1.807, 2.05) is 0 Å². The van der Waals surface area contributed by atoms with Crippen molar-refractivity contribution in [2.75, 3.05) is 18.4 Å². The molecule has 0 aliphatic carbocycles. The highest BCUT2D eigenvalue weighted by Gasteiger charge is 2.24. The summed E-state index contributed by atoms with van der Waals surface area (Å²) in [4.78, 5) is 35.6. The fourth-order valence-electron chi connectivity index (χ4n) is 1.40. The molecule has 0 radical (unpaired) electrons. The smallest absolute Gasteiger partial charge is 0.318 e. The molecule has 1 aromatic rings. The van der Waals surface area contributed by atoms with E-state index in [9.17, 15) is 14.4 Å². The number of amides is 3. The monoisotopic (exact) mass is 327 g/mol. The number of halogens is 1. The SMILES string of the molecule is CC(=O)N(CCN)C(=O)C(=O)Nc1cccc(Br)c1. The second-order valence-corrected chi connectivity index (χ2v) is 4.64. The average molecular weight is 328 g/mol. The second kappa shape index (κ2) is 7.01. The summed E-state index contributed by atoms with van der Waals surface area (Å²) in [6.07, 6.45) is 0. The van der Waals surface area contributed by atoms with E-state index in [0.717, 1.165) is 9.37 Å². The summed E-state index contributed by atoms with van der Waals surface area (Å²) in [5.74, 6) is -2.31. The predicted octanol–water partition coefficient (Wildman–Crippen LogP) is 0.721. The molecule has 0 unspecified atom stereocenters. The molecule has 7 heteroatoms. The Morgan fingerprint density at radius 1 is 1.37 bits per heavy atom. The molecule has 0 heterocycles. The van der Waals surface area contributed by atoms with Gasteiger partial charge < -0.3 is 11.1 Å². The third kappa shape index (κ3) is 4.46. The molecule has 0 fully saturated rings. The Balaban J connectivity index is 2.76. The number of nitrogens with zero attached hydrogens (tertiary/aromatic N) is 1. The molecule has 0 aromatic heterocycles. The average Bonchev–Trinajstić information content (AvgIpc) is 2.34. The topological polar surface area (TPSA) is 92.5 Å². The van der Waals surface area contributed by atoms with Crippen LogP contribution in [-0.4, -0.2) is 35.7 Å². The van der Waals surface area contributed by atoms with Crippen molar-refractivity contribution in [1.82, 2.24) is 4.90 Å². The third-order valence-electron chi connectivity index (χ3n) is 2.25. The molecule has 19 heavy (non-hydrogen) atoms. The Morgan fingerprint density at radius 3 is 2.58 bits per heavy atom. The van der Waals surface area contributed by atoms with Crippen LogP contribution in [0.25, 0.3) is 0 Å². The molecular weight excluding hydrogens is 314 g/mol. The number of hydrogen-bond acceptors (Lipinski definition) is 4. The van der Waals surface area contributed by atoms with Crippen molar-refractivity contribution in [3.8, 4) is 0 Å². The lowest BCUT2D eigenvalue weighted by Gasteiger charge is -2.17. The number of nitrogens with one attached hydrogen (secondary N) is 1. The van der Waals surface area contributed by atoms with Gasteiger partial charge in [-0.05, 0) is 18.2 Å². The highest BCUT2D eigenvalue weighted by molar-refractivity contribution is 9.10. The molecule has 3 N–H and O–H groups in total. The maximum atomic E-state index is 11.8. The molecule has 0 spiro atoms. The van der Waals surface area contributed by atoms with E-state index in [4.69, 9.17) is 5.73 Å². The Bertz CT molecular complexity index is 505. The zero-order chi connectivity index (χ0) is 14.4. The van der Waals surface area contributed by atoms with Crippen molar-refractivity contribution in [2.45, 2.75) is 6.92 Å². The molecule has 6 nitrogen and oxygen atoms in total. The molecule has 1 rings (SSSR count). The predicted molar refractivity (Wildman–Crippen MR) is 74.2 cm³/mol. The Morgan fingerprint density at radius 2 is 2.05 bits per heavy atom. The van der Waals surface area contributed by atoms with Crippen molar-refractivity contribution in [3.05, 3.63) is 28.7 Å². The number of carbonyl (C=O) groups is 3. The van der Waals surface area contributed by atoms with E-state index in [1.54, 1.807) is 24.3 Å². The van der Waals surface area contributed by atoms with Gasteiger partial charge in [-0.1, -0.05) is 22.0 Å². The number of benzene rings is 1. The van der Waals surface area contributed by atoms with Crippen LogP contribution in [0.3, 0.4) is 0 Å². The molecule has 0 aliphatic heterocycles. The van der Waals surface area contributed by atoms with Gasteiger partial charge in [-0.15, -0.1) is 0 Å². The van der Waals surface area contributed by atoms with Gasteiger partial charge in [-0.2, -0.15) is 0 Å². The maximum absolute atomic E-state index is 11.8. The lowest BCUT2D eigenvalue weighted by molar-refractivity contribution is -0.149. The van der Waals surface area contributed by atoms with Gasteiger partial charge in [0.2, 0.25) is 5.91 Å². The van der Waals surface area contributed by atoms with Crippen LogP contribution in [0.5, 0.6) is 0 Å². The first-order chi connectivity index (χ1) is 8.95. The number of anilines is 1. The zero-order valence-corrected chi connectivity index (χ0v) is 11.9. The normalized spacial score (nSPS) is 9.84. The summed E-state index contributed by atoms with van der Waals surface area (Å²) < 4.78 is 0.767. The fourth-order valence-corrected chi connectivity index (χ4v) is 1.80. The largest absolute Gasteiger partial charge is 0.329 e. The minimum absolute atomic E-state index is 0.0140.